The molecule has 2 fully saturated rings. The average molecular weight is 479 g/mol. The van der Waals surface area contributed by atoms with Crippen molar-refractivity contribution in [1.82, 2.24) is 10.2 Å². The lowest BCUT2D eigenvalue weighted by Crippen LogP contribution is -2.41. The standard InChI is InChI=1S/C23H21Cl2FN2O2S/c24-18-10-15(11-19(25)21(18)30-13-14-5-4-6-16(26)9-14)12-20-22(29)28(23(31)27-20)17-7-2-1-3-8-17/h4-6,9-12,17H,1-3,7-8,13H2,(H,27,31)/b20-12-. The molecule has 4 rings (SSSR count). The summed E-state index contributed by atoms with van der Waals surface area (Å²) in [6, 6.07) is 9.61. The van der Waals surface area contributed by atoms with Crippen molar-refractivity contribution in [3.05, 3.63) is 69.1 Å². The highest BCUT2D eigenvalue weighted by molar-refractivity contribution is 7.80. The van der Waals surface area contributed by atoms with E-state index < -0.39 is 0 Å². The summed E-state index contributed by atoms with van der Waals surface area (Å²) < 4.78 is 19.0. The molecule has 2 aliphatic rings. The van der Waals surface area contributed by atoms with E-state index in [1.165, 1.54) is 18.6 Å². The van der Waals surface area contributed by atoms with Gasteiger partial charge in [0.05, 0.1) is 10.0 Å². The van der Waals surface area contributed by atoms with E-state index in [4.69, 9.17) is 40.2 Å². The van der Waals surface area contributed by atoms with Gasteiger partial charge in [0.1, 0.15) is 18.1 Å². The molecule has 2 aromatic rings. The number of hydrogen-bond acceptors (Lipinski definition) is 3. The number of nitrogens with zero attached hydrogens (tertiary/aromatic N) is 1. The molecule has 0 atom stereocenters. The molecular formula is C23H21Cl2FN2O2S. The van der Waals surface area contributed by atoms with Crippen LogP contribution in [0, 0.1) is 5.82 Å². The van der Waals surface area contributed by atoms with E-state index in [-0.39, 0.29) is 24.4 Å². The summed E-state index contributed by atoms with van der Waals surface area (Å²) in [5.41, 5.74) is 1.71. The number of ether oxygens (including phenoxy) is 1. The lowest BCUT2D eigenvalue weighted by atomic mass is 9.94. The van der Waals surface area contributed by atoms with Crippen LogP contribution in [0.1, 0.15) is 43.2 Å². The first-order chi connectivity index (χ1) is 14.9. The number of rotatable bonds is 5. The first-order valence-corrected chi connectivity index (χ1v) is 11.3. The second-order valence-corrected chi connectivity index (χ2v) is 8.89. The molecule has 0 bridgehead atoms. The van der Waals surface area contributed by atoms with Crippen molar-refractivity contribution in [3.8, 4) is 5.75 Å². The average Bonchev–Trinajstić information content (AvgIpc) is 3.01. The Balaban J connectivity index is 1.50. The molecule has 0 radical (unpaired) electrons. The van der Waals surface area contributed by atoms with E-state index in [0.29, 0.717) is 37.7 Å². The van der Waals surface area contributed by atoms with Gasteiger partial charge in [-0.2, -0.15) is 0 Å². The molecule has 0 unspecified atom stereocenters. The molecule has 1 N–H and O–H groups in total. The van der Waals surface area contributed by atoms with Crippen LogP contribution in [0.2, 0.25) is 10.0 Å². The minimum atomic E-state index is -0.339. The summed E-state index contributed by atoms with van der Waals surface area (Å²) in [4.78, 5) is 14.6. The van der Waals surface area contributed by atoms with Gasteiger partial charge >= 0.3 is 0 Å². The Morgan fingerprint density at radius 2 is 1.87 bits per heavy atom. The zero-order chi connectivity index (χ0) is 22.0. The van der Waals surface area contributed by atoms with Crippen molar-refractivity contribution < 1.29 is 13.9 Å². The van der Waals surface area contributed by atoms with Crippen molar-refractivity contribution in [1.29, 1.82) is 0 Å². The number of carbonyl (C=O) groups is 1. The number of thiocarbonyl (C=S) groups is 1. The first-order valence-electron chi connectivity index (χ1n) is 10.1. The Labute approximate surface area is 196 Å². The predicted molar refractivity (Wildman–Crippen MR) is 125 cm³/mol. The van der Waals surface area contributed by atoms with Gasteiger partial charge in [0.15, 0.2) is 10.9 Å². The van der Waals surface area contributed by atoms with Crippen LogP contribution in [0.15, 0.2) is 42.1 Å². The van der Waals surface area contributed by atoms with E-state index in [1.54, 1.807) is 35.2 Å². The van der Waals surface area contributed by atoms with Crippen molar-refractivity contribution in [2.24, 2.45) is 0 Å². The Hall–Kier alpha value is -2.15. The van der Waals surface area contributed by atoms with Gasteiger partial charge in [0.2, 0.25) is 0 Å². The monoisotopic (exact) mass is 478 g/mol. The molecule has 4 nitrogen and oxygen atoms in total. The van der Waals surface area contributed by atoms with Gasteiger partial charge in [-0.3, -0.25) is 9.69 Å². The highest BCUT2D eigenvalue weighted by Gasteiger charge is 2.36. The molecule has 1 aliphatic heterocycles. The molecular weight excluding hydrogens is 458 g/mol. The normalized spacial score (nSPS) is 18.5. The highest BCUT2D eigenvalue weighted by atomic mass is 35.5. The number of carbonyl (C=O) groups excluding carboxylic acids is 1. The summed E-state index contributed by atoms with van der Waals surface area (Å²) in [6.45, 7) is 0.127. The topological polar surface area (TPSA) is 41.6 Å². The third kappa shape index (κ3) is 5.03. The zero-order valence-corrected chi connectivity index (χ0v) is 19.0. The molecule has 1 saturated carbocycles. The van der Waals surface area contributed by atoms with Gasteiger partial charge in [-0.05, 0) is 66.5 Å². The maximum absolute atomic E-state index is 13.3. The molecule has 1 heterocycles. The summed E-state index contributed by atoms with van der Waals surface area (Å²) in [7, 11) is 0. The van der Waals surface area contributed by atoms with Gasteiger partial charge in [-0.1, -0.05) is 54.6 Å². The smallest absolute Gasteiger partial charge is 0.276 e. The van der Waals surface area contributed by atoms with Crippen molar-refractivity contribution in [2.75, 3.05) is 0 Å². The minimum absolute atomic E-state index is 0.127. The summed E-state index contributed by atoms with van der Waals surface area (Å²) >= 11 is 18.2. The lowest BCUT2D eigenvalue weighted by molar-refractivity contribution is -0.124. The third-order valence-corrected chi connectivity index (χ3v) is 6.31. The SMILES string of the molecule is O=C1/C(=C/c2cc(Cl)c(OCc3cccc(F)c3)c(Cl)c2)NC(=S)N1C1CCCCC1. The molecule has 8 heteroatoms. The van der Waals surface area contributed by atoms with Crippen molar-refractivity contribution in [3.63, 3.8) is 0 Å². The van der Waals surface area contributed by atoms with Crippen LogP contribution in [-0.2, 0) is 11.4 Å². The molecule has 1 saturated heterocycles. The number of halogens is 3. The van der Waals surface area contributed by atoms with Gasteiger partial charge in [-0.25, -0.2) is 4.39 Å². The second-order valence-electron chi connectivity index (χ2n) is 7.69. The van der Waals surface area contributed by atoms with Crippen LogP contribution in [0.3, 0.4) is 0 Å². The Kier molecular flexibility index (Phi) is 6.80. The minimum Gasteiger partial charge on any atom is -0.486 e. The van der Waals surface area contributed by atoms with Crippen LogP contribution in [0.4, 0.5) is 4.39 Å². The Morgan fingerprint density at radius 3 is 2.55 bits per heavy atom. The summed E-state index contributed by atoms with van der Waals surface area (Å²) in [6.07, 6.45) is 7.04. The van der Waals surface area contributed by atoms with Crippen LogP contribution < -0.4 is 10.1 Å². The van der Waals surface area contributed by atoms with E-state index in [1.807, 2.05) is 0 Å². The van der Waals surface area contributed by atoms with E-state index in [9.17, 15) is 9.18 Å². The first kappa shape index (κ1) is 22.1. The molecule has 162 valence electrons. The van der Waals surface area contributed by atoms with Crippen LogP contribution in [0.25, 0.3) is 6.08 Å². The quantitative estimate of drug-likeness (QED) is 0.416. The summed E-state index contributed by atoms with van der Waals surface area (Å²) in [5, 5.41) is 4.06. The molecule has 0 spiro atoms. The fourth-order valence-electron chi connectivity index (χ4n) is 3.97. The molecule has 1 aliphatic carbocycles. The van der Waals surface area contributed by atoms with Gasteiger partial charge in [0, 0.05) is 6.04 Å². The fourth-order valence-corrected chi connectivity index (χ4v) is 4.92. The molecule has 0 aromatic heterocycles. The fraction of sp³-hybridized carbons (Fsp3) is 0.304. The summed E-state index contributed by atoms with van der Waals surface area (Å²) in [5.74, 6) is -0.162. The number of amides is 1. The van der Waals surface area contributed by atoms with Crippen molar-refractivity contribution in [2.45, 2.75) is 44.8 Å². The van der Waals surface area contributed by atoms with Gasteiger partial charge < -0.3 is 10.1 Å². The van der Waals surface area contributed by atoms with E-state index in [0.717, 1.165) is 25.7 Å². The van der Waals surface area contributed by atoms with E-state index >= 15 is 0 Å². The van der Waals surface area contributed by atoms with Crippen LogP contribution in [-0.4, -0.2) is 22.0 Å². The van der Waals surface area contributed by atoms with Crippen LogP contribution >= 0.6 is 35.4 Å². The molecule has 31 heavy (non-hydrogen) atoms. The van der Waals surface area contributed by atoms with Gasteiger partial charge in [0.25, 0.3) is 5.91 Å². The Morgan fingerprint density at radius 1 is 1.16 bits per heavy atom. The van der Waals surface area contributed by atoms with Crippen LogP contribution in [0.5, 0.6) is 5.75 Å². The van der Waals surface area contributed by atoms with E-state index in [2.05, 4.69) is 5.32 Å². The Bertz CT molecular complexity index is 1030. The van der Waals surface area contributed by atoms with Gasteiger partial charge in [-0.15, -0.1) is 0 Å². The second kappa shape index (κ2) is 9.55. The molecule has 2 aromatic carbocycles. The predicted octanol–water partition coefficient (Wildman–Crippen LogP) is 6.10. The lowest BCUT2D eigenvalue weighted by Gasteiger charge is -2.29. The number of hydrogen-bond donors (Lipinski definition) is 1. The maximum atomic E-state index is 13.3. The largest absolute Gasteiger partial charge is 0.486 e. The number of benzene rings is 2. The maximum Gasteiger partial charge on any atom is 0.276 e. The zero-order valence-electron chi connectivity index (χ0n) is 16.7. The number of nitrogens with one attached hydrogen (secondary N) is 1. The molecule has 1 amide bonds. The third-order valence-electron chi connectivity index (χ3n) is 5.45. The highest BCUT2D eigenvalue weighted by Crippen LogP contribution is 2.36. The van der Waals surface area contributed by atoms with Crippen molar-refractivity contribution >= 4 is 52.5 Å².